The second kappa shape index (κ2) is 11.0. The standard InChI is InChI=1S/C28H28ClF3N8O4S/c1-14-8-18(15(2)34-20-6-7-22(29)35-24(20)25(41)37-45(3,43)44)23-19(9-14)26(42)40(17-4-5-17)27(36-23)38-11-16-10-33-39(21(16)12-38)13-28(30,31)32/h6-10,15,17,34H,4-5,11-13H2,1-3H3,(H,37,41)/t15-/m1/s1. The molecule has 3 aromatic heterocycles. The number of hydrogen-bond donors (Lipinski definition) is 2. The van der Waals surface area contributed by atoms with Gasteiger partial charge >= 0.3 is 6.18 Å². The Morgan fingerprint density at radius 3 is 2.58 bits per heavy atom. The molecule has 12 nitrogen and oxygen atoms in total. The minimum atomic E-state index is -4.44. The molecule has 1 amide bonds. The number of rotatable bonds is 8. The van der Waals surface area contributed by atoms with E-state index in [2.05, 4.69) is 15.4 Å². The van der Waals surface area contributed by atoms with Crippen LogP contribution in [0.4, 0.5) is 24.8 Å². The first kappa shape index (κ1) is 30.8. The van der Waals surface area contributed by atoms with E-state index in [1.54, 1.807) is 22.5 Å². The number of halogens is 4. The summed E-state index contributed by atoms with van der Waals surface area (Å²) in [6.07, 6.45) is -0.624. The number of carbonyl (C=O) groups excluding carboxylic acids is 1. The van der Waals surface area contributed by atoms with Gasteiger partial charge in [0.2, 0.25) is 16.0 Å². The van der Waals surface area contributed by atoms with Gasteiger partial charge in [0.05, 0.1) is 47.3 Å². The average Bonchev–Trinajstić information content (AvgIpc) is 3.57. The number of nitrogens with zero attached hydrogens (tertiary/aromatic N) is 6. The quantitative estimate of drug-likeness (QED) is 0.265. The van der Waals surface area contributed by atoms with Crippen molar-refractivity contribution < 1.29 is 26.4 Å². The third-order valence-electron chi connectivity index (χ3n) is 7.61. The molecule has 238 valence electrons. The normalized spacial score (nSPS) is 15.8. The molecular weight excluding hydrogens is 637 g/mol. The second-order valence-electron chi connectivity index (χ2n) is 11.4. The van der Waals surface area contributed by atoms with Crippen LogP contribution in [0, 0.1) is 6.92 Å². The van der Waals surface area contributed by atoms with Crippen LogP contribution in [0.1, 0.15) is 64.7 Å². The molecule has 0 bridgehead atoms. The molecule has 4 aromatic rings. The highest BCUT2D eigenvalue weighted by atomic mass is 35.5. The van der Waals surface area contributed by atoms with Crippen molar-refractivity contribution in [1.82, 2.24) is 29.0 Å². The van der Waals surface area contributed by atoms with Gasteiger partial charge in [0, 0.05) is 23.7 Å². The van der Waals surface area contributed by atoms with Crippen LogP contribution >= 0.6 is 11.6 Å². The minimum Gasteiger partial charge on any atom is -0.377 e. The fourth-order valence-corrected chi connectivity index (χ4v) is 6.17. The molecule has 4 heterocycles. The topological polar surface area (TPSA) is 144 Å². The van der Waals surface area contributed by atoms with Gasteiger partial charge in [0.1, 0.15) is 11.7 Å². The van der Waals surface area contributed by atoms with Crippen LogP contribution in [0.3, 0.4) is 0 Å². The molecule has 0 radical (unpaired) electrons. The molecule has 2 aliphatic rings. The average molecular weight is 665 g/mol. The first-order valence-electron chi connectivity index (χ1n) is 13.9. The third kappa shape index (κ3) is 6.33. The largest absolute Gasteiger partial charge is 0.408 e. The van der Waals surface area contributed by atoms with E-state index >= 15 is 0 Å². The lowest BCUT2D eigenvalue weighted by atomic mass is 10.0. The molecule has 1 atom stereocenters. The number of anilines is 2. The smallest absolute Gasteiger partial charge is 0.377 e. The number of hydrogen-bond acceptors (Lipinski definition) is 9. The van der Waals surface area contributed by atoms with Gasteiger partial charge in [-0.15, -0.1) is 0 Å². The van der Waals surface area contributed by atoms with Gasteiger partial charge in [-0.1, -0.05) is 17.7 Å². The maximum Gasteiger partial charge on any atom is 0.408 e. The number of fused-ring (bicyclic) bond motifs is 2. The van der Waals surface area contributed by atoms with E-state index in [4.69, 9.17) is 16.6 Å². The summed E-state index contributed by atoms with van der Waals surface area (Å²) < 4.78 is 67.4. The lowest BCUT2D eigenvalue weighted by Crippen LogP contribution is -2.31. The summed E-state index contributed by atoms with van der Waals surface area (Å²) in [7, 11) is -3.89. The van der Waals surface area contributed by atoms with Crippen molar-refractivity contribution >= 4 is 50.1 Å². The number of nitrogens with one attached hydrogen (secondary N) is 2. The molecule has 1 aromatic carbocycles. The summed E-state index contributed by atoms with van der Waals surface area (Å²) in [5.41, 5.74) is 2.51. The first-order valence-corrected chi connectivity index (χ1v) is 16.2. The van der Waals surface area contributed by atoms with Crippen LogP contribution in [0.15, 0.2) is 35.3 Å². The second-order valence-corrected chi connectivity index (χ2v) is 13.5. The number of sulfonamides is 1. The SMILES string of the molecule is Cc1cc([C@@H](C)Nc2ccc(Cl)nc2C(=O)NS(C)(=O)=O)c2nc(N3Cc4cnn(CC(F)(F)F)c4C3)n(C3CC3)c(=O)c2c1. The summed E-state index contributed by atoms with van der Waals surface area (Å²) in [6, 6.07) is 5.88. The van der Waals surface area contributed by atoms with Crippen molar-refractivity contribution in [3.63, 3.8) is 0 Å². The number of carbonyl (C=O) groups is 1. The maximum absolute atomic E-state index is 14.0. The van der Waals surface area contributed by atoms with Gasteiger partial charge in [-0.05, 0) is 50.5 Å². The van der Waals surface area contributed by atoms with Crippen molar-refractivity contribution in [2.45, 2.75) is 64.6 Å². The minimum absolute atomic E-state index is 0.0234. The Balaban J connectivity index is 1.41. The van der Waals surface area contributed by atoms with Crippen molar-refractivity contribution in [3.8, 4) is 0 Å². The van der Waals surface area contributed by atoms with Gasteiger partial charge in [-0.25, -0.2) is 23.1 Å². The van der Waals surface area contributed by atoms with E-state index in [0.29, 0.717) is 33.7 Å². The molecule has 17 heteroatoms. The van der Waals surface area contributed by atoms with Gasteiger partial charge in [0.25, 0.3) is 11.5 Å². The van der Waals surface area contributed by atoms with Crippen LogP contribution in [0.2, 0.25) is 5.15 Å². The zero-order valence-electron chi connectivity index (χ0n) is 24.3. The lowest BCUT2D eigenvalue weighted by Gasteiger charge is -2.24. The van der Waals surface area contributed by atoms with Crippen molar-refractivity contribution in [2.75, 3.05) is 16.5 Å². The third-order valence-corrected chi connectivity index (χ3v) is 8.38. The van der Waals surface area contributed by atoms with E-state index in [9.17, 15) is 31.2 Å². The van der Waals surface area contributed by atoms with Gasteiger partial charge in [0.15, 0.2) is 5.69 Å². The summed E-state index contributed by atoms with van der Waals surface area (Å²) in [4.78, 5) is 37.6. The van der Waals surface area contributed by atoms with Gasteiger partial charge in [-0.3, -0.25) is 18.8 Å². The highest BCUT2D eigenvalue weighted by Gasteiger charge is 2.36. The fraction of sp³-hybridized carbons (Fsp3) is 0.393. The highest BCUT2D eigenvalue weighted by Crippen LogP contribution is 2.39. The number of aryl methyl sites for hydroxylation is 1. The number of benzene rings is 1. The fourth-order valence-electron chi connectivity index (χ4n) is 5.59. The lowest BCUT2D eigenvalue weighted by molar-refractivity contribution is -0.143. The Bertz CT molecular complexity index is 2020. The van der Waals surface area contributed by atoms with Gasteiger partial charge in [-0.2, -0.15) is 18.3 Å². The number of pyridine rings is 1. The van der Waals surface area contributed by atoms with Crippen LogP contribution in [0.25, 0.3) is 10.9 Å². The first-order chi connectivity index (χ1) is 21.1. The molecule has 1 aliphatic heterocycles. The van der Waals surface area contributed by atoms with Crippen molar-refractivity contribution in [1.29, 1.82) is 0 Å². The summed E-state index contributed by atoms with van der Waals surface area (Å²) in [6.45, 7) is 2.74. The van der Waals surface area contributed by atoms with Gasteiger partial charge < -0.3 is 10.2 Å². The molecular formula is C28H28ClF3N8O4S. The molecule has 1 fully saturated rings. The van der Waals surface area contributed by atoms with E-state index in [1.165, 1.54) is 18.3 Å². The molecule has 2 N–H and O–H groups in total. The number of alkyl halides is 3. The number of aromatic nitrogens is 5. The molecule has 45 heavy (non-hydrogen) atoms. The van der Waals surface area contributed by atoms with Crippen molar-refractivity contribution in [3.05, 3.63) is 74.0 Å². The summed E-state index contributed by atoms with van der Waals surface area (Å²) >= 11 is 6.01. The molecule has 1 aliphatic carbocycles. The van der Waals surface area contributed by atoms with E-state index in [1.807, 2.05) is 17.7 Å². The molecule has 0 saturated heterocycles. The van der Waals surface area contributed by atoms with Crippen molar-refractivity contribution in [2.24, 2.45) is 0 Å². The predicted molar refractivity (Wildman–Crippen MR) is 161 cm³/mol. The predicted octanol–water partition coefficient (Wildman–Crippen LogP) is 4.23. The Morgan fingerprint density at radius 1 is 1.18 bits per heavy atom. The van der Waals surface area contributed by atoms with Crippen LogP contribution in [-0.2, 0) is 29.7 Å². The zero-order chi connectivity index (χ0) is 32.4. The zero-order valence-corrected chi connectivity index (χ0v) is 25.9. The number of amides is 1. The Hall–Kier alpha value is -4.18. The Kier molecular flexibility index (Phi) is 7.54. The molecule has 1 saturated carbocycles. The van der Waals surface area contributed by atoms with E-state index in [-0.39, 0.29) is 41.2 Å². The highest BCUT2D eigenvalue weighted by molar-refractivity contribution is 7.89. The van der Waals surface area contributed by atoms with E-state index < -0.39 is 34.7 Å². The van der Waals surface area contributed by atoms with E-state index in [0.717, 1.165) is 29.3 Å². The van der Waals surface area contributed by atoms with Crippen LogP contribution < -0.4 is 20.5 Å². The molecule has 0 unspecified atom stereocenters. The monoisotopic (exact) mass is 664 g/mol. The molecule has 6 rings (SSSR count). The maximum atomic E-state index is 14.0. The van der Waals surface area contributed by atoms with Crippen LogP contribution in [-0.4, -0.2) is 51.1 Å². The van der Waals surface area contributed by atoms with Crippen LogP contribution in [0.5, 0.6) is 0 Å². The molecule has 0 spiro atoms. The summed E-state index contributed by atoms with van der Waals surface area (Å²) in [5, 5.41) is 7.45. The Labute approximate surface area is 260 Å². The Morgan fingerprint density at radius 2 is 1.91 bits per heavy atom. The summed E-state index contributed by atoms with van der Waals surface area (Å²) in [5.74, 6) is -0.627.